The molecule has 218 valence electrons. The van der Waals surface area contributed by atoms with Gasteiger partial charge in [-0.05, 0) is 60.9 Å². The topological polar surface area (TPSA) is 90.5 Å². The van der Waals surface area contributed by atoms with Gasteiger partial charge in [-0.25, -0.2) is 0 Å². The van der Waals surface area contributed by atoms with E-state index in [1.54, 1.807) is 39.6 Å². The average molecular weight is 609 g/mol. The molecular formula is C29H28ClF3N2O5S. The molecule has 0 aliphatic heterocycles. The van der Waals surface area contributed by atoms with Gasteiger partial charge in [0.2, 0.25) is 0 Å². The average Bonchev–Trinajstić information content (AvgIpc) is 3.28. The zero-order chi connectivity index (χ0) is 29.4. The van der Waals surface area contributed by atoms with Crippen LogP contribution in [0.5, 0.6) is 5.75 Å². The number of alkyl halides is 3. The van der Waals surface area contributed by atoms with Crippen LogP contribution in [0.25, 0.3) is 27.8 Å². The molecule has 4 aromatic rings. The van der Waals surface area contributed by atoms with Crippen molar-refractivity contribution in [3.8, 4) is 22.7 Å². The molecule has 0 spiro atoms. The number of aromatic nitrogens is 2. The summed E-state index contributed by atoms with van der Waals surface area (Å²) in [5.74, 6) is -1.37. The lowest BCUT2D eigenvalue weighted by atomic mass is 9.95. The van der Waals surface area contributed by atoms with Gasteiger partial charge in [0.25, 0.3) is 5.56 Å². The molecule has 0 bridgehead atoms. The lowest BCUT2D eigenvalue weighted by Gasteiger charge is -2.24. The number of hydrogen-bond donors (Lipinski definition) is 1. The van der Waals surface area contributed by atoms with E-state index in [9.17, 15) is 31.5 Å². The highest BCUT2D eigenvalue weighted by Gasteiger charge is 2.31. The Morgan fingerprint density at radius 2 is 1.68 bits per heavy atom. The first-order valence-electron chi connectivity index (χ1n) is 13.2. The third kappa shape index (κ3) is 6.17. The van der Waals surface area contributed by atoms with Crippen molar-refractivity contribution in [1.82, 2.24) is 9.13 Å². The van der Waals surface area contributed by atoms with Crippen molar-refractivity contribution in [2.24, 2.45) is 0 Å². The van der Waals surface area contributed by atoms with Crippen LogP contribution in [-0.4, -0.2) is 34.6 Å². The molecule has 1 fully saturated rings. The van der Waals surface area contributed by atoms with E-state index in [4.69, 9.17) is 15.8 Å². The van der Waals surface area contributed by atoms with Gasteiger partial charge in [-0.15, -0.1) is 0 Å². The van der Waals surface area contributed by atoms with Gasteiger partial charge in [0.1, 0.15) is 5.75 Å². The maximum absolute atomic E-state index is 13.9. The van der Waals surface area contributed by atoms with Crippen LogP contribution in [0.1, 0.15) is 50.1 Å². The molecule has 2 heterocycles. The number of rotatable bonds is 8. The maximum Gasteiger partial charge on any atom is 0.390 e. The molecule has 1 aliphatic rings. The number of nitrogens with zero attached hydrogens (tertiary/aromatic N) is 2. The summed E-state index contributed by atoms with van der Waals surface area (Å²) in [5, 5.41) is 11.3. The number of para-hydroxylation sites is 1. The van der Waals surface area contributed by atoms with Crippen LogP contribution in [0, 0.1) is 0 Å². The van der Waals surface area contributed by atoms with Crippen molar-refractivity contribution in [3.05, 3.63) is 81.7 Å². The monoisotopic (exact) mass is 608 g/mol. The highest BCUT2D eigenvalue weighted by atomic mass is 35.5. The maximum atomic E-state index is 13.9. The summed E-state index contributed by atoms with van der Waals surface area (Å²) in [5.41, 5.74) is 2.25. The second-order valence-corrected chi connectivity index (χ2v) is 12.2. The first-order chi connectivity index (χ1) is 19.5. The summed E-state index contributed by atoms with van der Waals surface area (Å²) < 4.78 is 70.1. The number of hydrogen-bond acceptors (Lipinski definition) is 5. The normalized spacial score (nSPS) is 15.0. The Hall–Kier alpha value is -3.28. The van der Waals surface area contributed by atoms with Crippen molar-refractivity contribution in [3.63, 3.8) is 0 Å². The second kappa shape index (κ2) is 11.5. The minimum absolute atomic E-state index is 0.0648. The van der Waals surface area contributed by atoms with E-state index in [2.05, 4.69) is 0 Å². The minimum Gasteiger partial charge on any atom is -0.392 e. The van der Waals surface area contributed by atoms with Crippen LogP contribution in [0.3, 0.4) is 0 Å². The second-order valence-electron chi connectivity index (χ2n) is 10.1. The Bertz CT molecular complexity index is 1720. The molecule has 1 saturated carbocycles. The highest BCUT2D eigenvalue weighted by Crippen LogP contribution is 2.38. The smallest absolute Gasteiger partial charge is 0.390 e. The van der Waals surface area contributed by atoms with Crippen LogP contribution in [0.15, 0.2) is 65.6 Å². The highest BCUT2D eigenvalue weighted by molar-refractivity contribution is 7.87. The fourth-order valence-corrected chi connectivity index (χ4v) is 6.66. The van der Waals surface area contributed by atoms with Crippen LogP contribution in [-0.2, 0) is 16.7 Å². The van der Waals surface area contributed by atoms with Gasteiger partial charge in [-0.3, -0.25) is 4.79 Å². The van der Waals surface area contributed by atoms with E-state index in [1.807, 2.05) is 6.07 Å². The zero-order valence-electron chi connectivity index (χ0n) is 21.9. The molecule has 1 N–H and O–H groups in total. The Labute approximate surface area is 239 Å². The number of aliphatic hydroxyl groups excluding tert-OH is 1. The molecule has 2 aromatic carbocycles. The zero-order valence-corrected chi connectivity index (χ0v) is 23.5. The van der Waals surface area contributed by atoms with Crippen LogP contribution in [0.4, 0.5) is 13.2 Å². The van der Waals surface area contributed by atoms with Gasteiger partial charge in [0, 0.05) is 17.8 Å². The van der Waals surface area contributed by atoms with Crippen LogP contribution < -0.4 is 9.74 Å². The van der Waals surface area contributed by atoms with Crippen molar-refractivity contribution < 1.29 is 30.9 Å². The quantitative estimate of drug-likeness (QED) is 0.223. The molecule has 5 rings (SSSR count). The Kier molecular flexibility index (Phi) is 8.22. The summed E-state index contributed by atoms with van der Waals surface area (Å²) >= 11 is 6.59. The summed E-state index contributed by atoms with van der Waals surface area (Å²) in [7, 11) is -4.48. The van der Waals surface area contributed by atoms with Gasteiger partial charge < -0.3 is 18.4 Å². The Morgan fingerprint density at radius 1 is 1.00 bits per heavy atom. The number of halogens is 4. The van der Waals surface area contributed by atoms with Gasteiger partial charge in [0.15, 0.2) is 0 Å². The van der Waals surface area contributed by atoms with Gasteiger partial charge >= 0.3 is 16.3 Å². The number of benzene rings is 2. The fraction of sp³-hybridized carbons (Fsp3) is 0.345. The molecule has 0 radical (unpaired) electrons. The summed E-state index contributed by atoms with van der Waals surface area (Å²) in [4.78, 5) is 13.9. The molecule has 0 atom stereocenters. The van der Waals surface area contributed by atoms with E-state index in [1.165, 1.54) is 24.3 Å². The summed E-state index contributed by atoms with van der Waals surface area (Å²) in [6.07, 6.45) is 0.610. The van der Waals surface area contributed by atoms with E-state index in [-0.39, 0.29) is 17.4 Å². The number of pyridine rings is 1. The largest absolute Gasteiger partial charge is 0.392 e. The molecule has 12 heteroatoms. The van der Waals surface area contributed by atoms with Crippen molar-refractivity contribution in [1.29, 1.82) is 0 Å². The fourth-order valence-electron chi connectivity index (χ4n) is 5.47. The first kappa shape index (κ1) is 29.2. The lowest BCUT2D eigenvalue weighted by Crippen LogP contribution is -2.26. The van der Waals surface area contributed by atoms with Crippen LogP contribution in [0.2, 0.25) is 5.02 Å². The SMILES string of the molecule is O=c1c2c(CO)c(-c3ccc(OS(=O)(=O)CCC(F)(F)F)cc3)n(-c3ccccc3Cl)c2ccn1C1CCCCC1. The van der Waals surface area contributed by atoms with Crippen molar-refractivity contribution >= 4 is 32.6 Å². The van der Waals surface area contributed by atoms with Crippen molar-refractivity contribution in [2.75, 3.05) is 5.75 Å². The minimum atomic E-state index is -4.64. The predicted octanol–water partition coefficient (Wildman–Crippen LogP) is 6.77. The molecule has 0 amide bonds. The molecule has 0 saturated heterocycles. The third-order valence-corrected chi connectivity index (χ3v) is 8.83. The van der Waals surface area contributed by atoms with E-state index >= 15 is 0 Å². The predicted molar refractivity (Wildman–Crippen MR) is 151 cm³/mol. The number of fused-ring (bicyclic) bond motifs is 1. The standard InChI is InChI=1S/C29H28ClF3N2O5S/c30-23-8-4-5-9-24(23)35-25-14-16-34(20-6-2-1-3-7-20)28(37)26(25)22(18-36)27(35)19-10-12-21(13-11-19)40-41(38,39)17-15-29(31,32)33/h4-5,8-14,16,20,36H,1-3,6-7,15,17-18H2. The molecule has 1 aliphatic carbocycles. The Morgan fingerprint density at radius 3 is 2.32 bits per heavy atom. The van der Waals surface area contributed by atoms with Gasteiger partial charge in [0.05, 0.1) is 46.1 Å². The van der Waals surface area contributed by atoms with E-state index in [0.29, 0.717) is 38.4 Å². The summed E-state index contributed by atoms with van der Waals surface area (Å²) in [6, 6.07) is 14.6. The molecule has 7 nitrogen and oxygen atoms in total. The van der Waals surface area contributed by atoms with Gasteiger partial charge in [-0.1, -0.05) is 43.0 Å². The summed E-state index contributed by atoms with van der Waals surface area (Å²) in [6.45, 7) is -0.461. The number of aliphatic hydroxyl groups is 1. The molecule has 41 heavy (non-hydrogen) atoms. The Balaban J connectivity index is 1.64. The third-order valence-electron chi connectivity index (χ3n) is 7.36. The van der Waals surface area contributed by atoms with E-state index < -0.39 is 35.1 Å². The first-order valence-corrected chi connectivity index (χ1v) is 15.2. The van der Waals surface area contributed by atoms with E-state index in [0.717, 1.165) is 32.1 Å². The molecule has 2 aromatic heterocycles. The lowest BCUT2D eigenvalue weighted by molar-refractivity contribution is -0.130. The molecule has 0 unspecified atom stereocenters. The molecular weight excluding hydrogens is 581 g/mol. The van der Waals surface area contributed by atoms with Crippen molar-refractivity contribution in [2.45, 2.75) is 57.3 Å². The van der Waals surface area contributed by atoms with Gasteiger partial charge in [-0.2, -0.15) is 21.6 Å². The van der Waals surface area contributed by atoms with Crippen LogP contribution >= 0.6 is 11.6 Å².